The normalized spacial score (nSPS) is 10.1. The first kappa shape index (κ1) is 9.87. The maximum Gasteiger partial charge on any atom is 0.266 e. The maximum atomic E-state index is 12.4. The zero-order valence-corrected chi connectivity index (χ0v) is 7.22. The fraction of sp³-hybridized carbons (Fsp3) is 0.250. The van der Waals surface area contributed by atoms with Gasteiger partial charge in [0.25, 0.3) is 6.43 Å². The van der Waals surface area contributed by atoms with Gasteiger partial charge >= 0.3 is 0 Å². The summed E-state index contributed by atoms with van der Waals surface area (Å²) >= 11 is 5.43. The van der Waals surface area contributed by atoms with Gasteiger partial charge in [0.15, 0.2) is 0 Å². The summed E-state index contributed by atoms with van der Waals surface area (Å²) in [4.78, 5) is 3.53. The molecule has 0 unspecified atom stereocenters. The third kappa shape index (κ3) is 1.93. The van der Waals surface area contributed by atoms with E-state index in [1.165, 1.54) is 12.3 Å². The summed E-state index contributed by atoms with van der Waals surface area (Å²) in [6, 6.07) is 2.99. The van der Waals surface area contributed by atoms with Crippen molar-refractivity contribution >= 4 is 11.6 Å². The molecule has 0 radical (unpaired) electrons. The molecule has 0 fully saturated rings. The Bertz CT molecular complexity index is 346. The van der Waals surface area contributed by atoms with Gasteiger partial charge < -0.3 is 0 Å². The molecule has 1 rings (SSSR count). The second kappa shape index (κ2) is 4.15. The minimum absolute atomic E-state index is 0.0448. The summed E-state index contributed by atoms with van der Waals surface area (Å²) in [5.74, 6) is -0.0448. The molecule has 0 atom stereocenters. The minimum Gasteiger partial charge on any atom is -0.245 e. The lowest BCUT2D eigenvalue weighted by molar-refractivity contribution is 0.149. The molecule has 68 valence electrons. The molecule has 1 aromatic heterocycles. The van der Waals surface area contributed by atoms with E-state index in [9.17, 15) is 8.78 Å². The number of pyridine rings is 1. The second-order valence-electron chi connectivity index (χ2n) is 2.28. The van der Waals surface area contributed by atoms with Crippen LogP contribution in [-0.2, 0) is 5.88 Å². The Hall–Kier alpha value is -1.21. The van der Waals surface area contributed by atoms with Gasteiger partial charge in [-0.2, -0.15) is 5.26 Å². The smallest absolute Gasteiger partial charge is 0.245 e. The fourth-order valence-corrected chi connectivity index (χ4v) is 1.20. The molecule has 0 aromatic carbocycles. The van der Waals surface area contributed by atoms with Crippen molar-refractivity contribution in [3.8, 4) is 6.07 Å². The molecule has 0 aliphatic carbocycles. The van der Waals surface area contributed by atoms with Crippen molar-refractivity contribution in [3.05, 3.63) is 29.1 Å². The van der Waals surface area contributed by atoms with Crippen LogP contribution < -0.4 is 0 Å². The number of halogens is 3. The van der Waals surface area contributed by atoms with E-state index in [1.54, 1.807) is 6.07 Å². The number of nitriles is 1. The van der Waals surface area contributed by atoms with Crippen LogP contribution in [0.15, 0.2) is 12.3 Å². The molecular weight excluding hydrogens is 198 g/mol. The van der Waals surface area contributed by atoms with Crippen LogP contribution in [0.2, 0.25) is 0 Å². The molecule has 0 aliphatic heterocycles. The molecule has 13 heavy (non-hydrogen) atoms. The lowest BCUT2D eigenvalue weighted by Gasteiger charge is -2.05. The van der Waals surface area contributed by atoms with E-state index in [4.69, 9.17) is 16.9 Å². The molecule has 0 saturated heterocycles. The fourth-order valence-electron chi connectivity index (χ4n) is 0.962. The van der Waals surface area contributed by atoms with Crippen molar-refractivity contribution in [3.63, 3.8) is 0 Å². The Morgan fingerprint density at radius 2 is 2.31 bits per heavy atom. The van der Waals surface area contributed by atoms with Crippen LogP contribution >= 0.6 is 11.6 Å². The van der Waals surface area contributed by atoms with Crippen LogP contribution in [0.3, 0.4) is 0 Å². The van der Waals surface area contributed by atoms with Gasteiger partial charge in [0, 0.05) is 12.1 Å². The Morgan fingerprint density at radius 1 is 1.62 bits per heavy atom. The first-order valence-corrected chi connectivity index (χ1v) is 3.96. The van der Waals surface area contributed by atoms with Crippen molar-refractivity contribution in [1.82, 2.24) is 4.98 Å². The van der Waals surface area contributed by atoms with Crippen LogP contribution in [-0.4, -0.2) is 4.98 Å². The monoisotopic (exact) mass is 202 g/mol. The van der Waals surface area contributed by atoms with Crippen LogP contribution in [0.1, 0.15) is 23.2 Å². The highest BCUT2D eigenvalue weighted by Gasteiger charge is 2.17. The molecule has 0 spiro atoms. The Kier molecular flexibility index (Phi) is 3.15. The quantitative estimate of drug-likeness (QED) is 0.692. The molecular formula is C8H5ClF2N2. The van der Waals surface area contributed by atoms with E-state index in [0.29, 0.717) is 0 Å². The largest absolute Gasteiger partial charge is 0.266 e. The zero-order valence-electron chi connectivity index (χ0n) is 6.47. The van der Waals surface area contributed by atoms with E-state index in [0.717, 1.165) is 0 Å². The van der Waals surface area contributed by atoms with Gasteiger partial charge in [-0.25, -0.2) is 13.8 Å². The summed E-state index contributed by atoms with van der Waals surface area (Å²) in [6.07, 6.45) is -1.42. The van der Waals surface area contributed by atoms with Crippen LogP contribution in [0, 0.1) is 11.3 Å². The van der Waals surface area contributed by atoms with E-state index in [2.05, 4.69) is 4.98 Å². The van der Waals surface area contributed by atoms with Crippen molar-refractivity contribution in [2.24, 2.45) is 0 Å². The molecule has 0 amide bonds. The van der Waals surface area contributed by atoms with Gasteiger partial charge in [-0.15, -0.1) is 11.6 Å². The zero-order chi connectivity index (χ0) is 9.84. The van der Waals surface area contributed by atoms with Crippen LogP contribution in [0.25, 0.3) is 0 Å². The molecule has 1 aromatic rings. The summed E-state index contributed by atoms with van der Waals surface area (Å²) in [6.45, 7) is 0. The number of alkyl halides is 3. The average Bonchev–Trinajstić information content (AvgIpc) is 2.16. The average molecular weight is 203 g/mol. The predicted molar refractivity (Wildman–Crippen MR) is 43.5 cm³/mol. The number of nitrogens with zero attached hydrogens (tertiary/aromatic N) is 2. The highest BCUT2D eigenvalue weighted by atomic mass is 35.5. The Balaban J connectivity index is 3.32. The Morgan fingerprint density at radius 3 is 2.77 bits per heavy atom. The van der Waals surface area contributed by atoms with E-state index in [-0.39, 0.29) is 22.7 Å². The molecule has 2 nitrogen and oxygen atoms in total. The van der Waals surface area contributed by atoms with Crippen molar-refractivity contribution in [1.29, 1.82) is 5.26 Å². The summed E-state index contributed by atoms with van der Waals surface area (Å²) in [5, 5.41) is 8.50. The first-order chi connectivity index (χ1) is 6.20. The summed E-state index contributed by atoms with van der Waals surface area (Å²) in [7, 11) is 0. The van der Waals surface area contributed by atoms with Gasteiger partial charge in [-0.1, -0.05) is 0 Å². The van der Waals surface area contributed by atoms with Crippen molar-refractivity contribution in [2.45, 2.75) is 12.3 Å². The maximum absolute atomic E-state index is 12.4. The van der Waals surface area contributed by atoms with Crippen LogP contribution in [0.4, 0.5) is 8.78 Å². The van der Waals surface area contributed by atoms with Gasteiger partial charge in [-0.05, 0) is 11.6 Å². The SMILES string of the molecule is N#Cc1nccc(CCl)c1C(F)F. The lowest BCUT2D eigenvalue weighted by Crippen LogP contribution is -1.99. The topological polar surface area (TPSA) is 36.7 Å². The third-order valence-electron chi connectivity index (χ3n) is 1.55. The van der Waals surface area contributed by atoms with E-state index < -0.39 is 6.43 Å². The molecule has 0 N–H and O–H groups in total. The van der Waals surface area contributed by atoms with E-state index in [1.807, 2.05) is 0 Å². The highest BCUT2D eigenvalue weighted by molar-refractivity contribution is 6.17. The van der Waals surface area contributed by atoms with Gasteiger partial charge in [0.1, 0.15) is 11.8 Å². The molecule has 0 bridgehead atoms. The molecule has 0 saturated carbocycles. The molecule has 5 heteroatoms. The van der Waals surface area contributed by atoms with E-state index >= 15 is 0 Å². The van der Waals surface area contributed by atoms with Gasteiger partial charge in [0.05, 0.1) is 5.56 Å². The third-order valence-corrected chi connectivity index (χ3v) is 1.84. The molecule has 0 aliphatic rings. The lowest BCUT2D eigenvalue weighted by atomic mass is 10.1. The van der Waals surface area contributed by atoms with Crippen LogP contribution in [0.5, 0.6) is 0 Å². The second-order valence-corrected chi connectivity index (χ2v) is 2.55. The van der Waals surface area contributed by atoms with Gasteiger partial charge in [0.2, 0.25) is 0 Å². The number of hydrogen-bond acceptors (Lipinski definition) is 2. The summed E-state index contributed by atoms with van der Waals surface area (Å²) in [5.41, 5.74) is -0.364. The molecule has 1 heterocycles. The predicted octanol–water partition coefficient (Wildman–Crippen LogP) is 2.63. The number of aromatic nitrogens is 1. The number of hydrogen-bond donors (Lipinski definition) is 0. The minimum atomic E-state index is -2.71. The van der Waals surface area contributed by atoms with Crippen molar-refractivity contribution < 1.29 is 8.78 Å². The highest BCUT2D eigenvalue weighted by Crippen LogP contribution is 2.25. The Labute approximate surface area is 78.8 Å². The standard InChI is InChI=1S/C8H5ClF2N2/c9-3-5-1-2-13-6(4-12)7(5)8(10)11/h1-2,8H,3H2. The summed E-state index contributed by atoms with van der Waals surface area (Å²) < 4.78 is 24.8. The van der Waals surface area contributed by atoms with Gasteiger partial charge in [-0.3, -0.25) is 0 Å². The van der Waals surface area contributed by atoms with Crippen molar-refractivity contribution in [2.75, 3.05) is 0 Å². The number of rotatable bonds is 2. The first-order valence-electron chi connectivity index (χ1n) is 3.42.